The van der Waals surface area contributed by atoms with Gasteiger partial charge < -0.3 is 10.4 Å². The van der Waals surface area contributed by atoms with Crippen LogP contribution >= 0.6 is 0 Å². The van der Waals surface area contributed by atoms with Crippen molar-refractivity contribution in [3.63, 3.8) is 0 Å². The largest absolute Gasteiger partial charge is 0.480 e. The number of nitrogens with zero attached hydrogens (tertiary/aromatic N) is 4. The third kappa shape index (κ3) is 3.08. The smallest absolute Gasteiger partial charge is 0.322 e. The van der Waals surface area contributed by atoms with Crippen LogP contribution in [0, 0.1) is 0 Å². The van der Waals surface area contributed by atoms with Crippen LogP contribution in [0.1, 0.15) is 19.2 Å². The predicted octanol–water partition coefficient (Wildman–Crippen LogP) is -0.927. The van der Waals surface area contributed by atoms with Crippen molar-refractivity contribution in [2.45, 2.75) is 32.5 Å². The number of aromatic nitrogens is 3. The van der Waals surface area contributed by atoms with Crippen molar-refractivity contribution < 1.29 is 14.7 Å². The van der Waals surface area contributed by atoms with Gasteiger partial charge in [0.05, 0.1) is 13.1 Å². The maximum Gasteiger partial charge on any atom is 0.322 e. The Morgan fingerprint density at radius 2 is 2.42 bits per heavy atom. The van der Waals surface area contributed by atoms with E-state index in [1.165, 1.54) is 6.33 Å². The molecule has 1 aliphatic rings. The molecule has 2 heterocycles. The van der Waals surface area contributed by atoms with Gasteiger partial charge in [-0.25, -0.2) is 9.67 Å². The molecule has 1 aromatic heterocycles. The zero-order valence-corrected chi connectivity index (χ0v) is 10.7. The third-order valence-electron chi connectivity index (χ3n) is 3.04. The number of hydrogen-bond donors (Lipinski definition) is 2. The lowest BCUT2D eigenvalue weighted by molar-refractivity contribution is -0.146. The van der Waals surface area contributed by atoms with Gasteiger partial charge in [0.25, 0.3) is 0 Å². The van der Waals surface area contributed by atoms with Crippen LogP contribution in [0.15, 0.2) is 6.33 Å². The predicted molar refractivity (Wildman–Crippen MR) is 65.2 cm³/mol. The molecule has 1 unspecified atom stereocenters. The van der Waals surface area contributed by atoms with Gasteiger partial charge in [0.15, 0.2) is 0 Å². The minimum Gasteiger partial charge on any atom is -0.480 e. The van der Waals surface area contributed by atoms with Crippen LogP contribution in [0.25, 0.3) is 0 Å². The van der Waals surface area contributed by atoms with E-state index in [1.54, 1.807) is 9.58 Å². The van der Waals surface area contributed by atoms with Crippen LogP contribution < -0.4 is 5.32 Å². The van der Waals surface area contributed by atoms with E-state index < -0.39 is 12.0 Å². The Kier molecular flexibility index (Phi) is 4.10. The van der Waals surface area contributed by atoms with E-state index in [4.69, 9.17) is 5.11 Å². The van der Waals surface area contributed by atoms with Crippen molar-refractivity contribution in [1.29, 1.82) is 0 Å². The summed E-state index contributed by atoms with van der Waals surface area (Å²) in [5, 5.41) is 15.8. The molecule has 0 bridgehead atoms. The van der Waals surface area contributed by atoms with Crippen LogP contribution in [0.3, 0.4) is 0 Å². The van der Waals surface area contributed by atoms with E-state index in [0.717, 1.165) is 13.0 Å². The standard InChI is InChI=1S/C11H17N5O3/c1-2-3-16-9(13-7-14-16)5-15-6-10(17)12-4-8(15)11(18)19/h7-8H,2-6H2,1H3,(H,12,17)(H,18,19). The number of amides is 1. The summed E-state index contributed by atoms with van der Waals surface area (Å²) in [5.41, 5.74) is 0. The summed E-state index contributed by atoms with van der Waals surface area (Å²) in [6, 6.07) is -0.718. The van der Waals surface area contributed by atoms with E-state index >= 15 is 0 Å². The number of carbonyl (C=O) groups is 2. The third-order valence-corrected chi connectivity index (χ3v) is 3.04. The summed E-state index contributed by atoms with van der Waals surface area (Å²) in [6.45, 7) is 3.25. The zero-order valence-electron chi connectivity index (χ0n) is 10.7. The van der Waals surface area contributed by atoms with E-state index in [1.807, 2.05) is 6.92 Å². The highest BCUT2D eigenvalue weighted by Gasteiger charge is 2.32. The van der Waals surface area contributed by atoms with Crippen molar-refractivity contribution in [2.24, 2.45) is 0 Å². The van der Waals surface area contributed by atoms with Gasteiger partial charge in [0.2, 0.25) is 5.91 Å². The topological polar surface area (TPSA) is 100 Å². The lowest BCUT2D eigenvalue weighted by Gasteiger charge is -2.32. The van der Waals surface area contributed by atoms with Gasteiger partial charge in [-0.2, -0.15) is 5.10 Å². The first-order chi connectivity index (χ1) is 9.11. The van der Waals surface area contributed by atoms with Crippen molar-refractivity contribution in [3.8, 4) is 0 Å². The molecule has 0 aliphatic carbocycles. The Hall–Kier alpha value is -1.96. The van der Waals surface area contributed by atoms with E-state index in [-0.39, 0.29) is 19.0 Å². The molecule has 8 heteroatoms. The Morgan fingerprint density at radius 1 is 1.63 bits per heavy atom. The summed E-state index contributed by atoms with van der Waals surface area (Å²) in [6.07, 6.45) is 2.37. The number of carboxylic acid groups (broad SMARTS) is 1. The van der Waals surface area contributed by atoms with Crippen molar-refractivity contribution in [1.82, 2.24) is 25.0 Å². The maximum absolute atomic E-state index is 11.4. The van der Waals surface area contributed by atoms with Crippen LogP contribution in [-0.2, 0) is 22.7 Å². The molecule has 8 nitrogen and oxygen atoms in total. The Balaban J connectivity index is 2.11. The van der Waals surface area contributed by atoms with E-state index in [0.29, 0.717) is 12.4 Å². The number of hydrogen-bond acceptors (Lipinski definition) is 5. The van der Waals surface area contributed by atoms with Crippen LogP contribution in [-0.4, -0.2) is 55.8 Å². The molecule has 0 saturated carbocycles. The average molecular weight is 267 g/mol. The zero-order chi connectivity index (χ0) is 13.8. The van der Waals surface area contributed by atoms with Gasteiger partial charge in [0, 0.05) is 13.1 Å². The molecule has 0 radical (unpaired) electrons. The van der Waals surface area contributed by atoms with Crippen molar-refractivity contribution in [3.05, 3.63) is 12.2 Å². The highest BCUT2D eigenvalue weighted by molar-refractivity contribution is 5.83. The van der Waals surface area contributed by atoms with Gasteiger partial charge >= 0.3 is 5.97 Å². The van der Waals surface area contributed by atoms with Gasteiger partial charge in [0.1, 0.15) is 18.2 Å². The average Bonchev–Trinajstić information content (AvgIpc) is 2.77. The molecule has 1 saturated heterocycles. The summed E-state index contributed by atoms with van der Waals surface area (Å²) < 4.78 is 1.74. The fourth-order valence-corrected chi connectivity index (χ4v) is 2.09. The van der Waals surface area contributed by atoms with Crippen molar-refractivity contribution in [2.75, 3.05) is 13.1 Å². The summed E-state index contributed by atoms with van der Waals surface area (Å²) in [5.74, 6) is -0.427. The number of carbonyl (C=O) groups excluding carboxylic acids is 1. The summed E-state index contributed by atoms with van der Waals surface area (Å²) in [4.78, 5) is 28.3. The lowest BCUT2D eigenvalue weighted by atomic mass is 10.2. The first-order valence-corrected chi connectivity index (χ1v) is 6.22. The Labute approximate surface area is 110 Å². The molecule has 1 aromatic rings. The number of carboxylic acids is 1. The summed E-state index contributed by atoms with van der Waals surface area (Å²) >= 11 is 0. The molecular weight excluding hydrogens is 250 g/mol. The number of rotatable bonds is 5. The van der Waals surface area contributed by atoms with Gasteiger partial charge in [-0.15, -0.1) is 0 Å². The minimum atomic E-state index is -0.943. The van der Waals surface area contributed by atoms with Crippen LogP contribution in [0.4, 0.5) is 0 Å². The van der Waals surface area contributed by atoms with Gasteiger partial charge in [-0.1, -0.05) is 6.92 Å². The monoisotopic (exact) mass is 267 g/mol. The van der Waals surface area contributed by atoms with Gasteiger partial charge in [-0.3, -0.25) is 14.5 Å². The first-order valence-electron chi connectivity index (χ1n) is 6.22. The molecule has 0 spiro atoms. The molecule has 2 rings (SSSR count). The van der Waals surface area contributed by atoms with E-state index in [9.17, 15) is 9.59 Å². The molecule has 2 N–H and O–H groups in total. The highest BCUT2D eigenvalue weighted by atomic mass is 16.4. The molecule has 1 atom stereocenters. The fraction of sp³-hybridized carbons (Fsp3) is 0.636. The number of aliphatic carboxylic acids is 1. The van der Waals surface area contributed by atoms with Crippen LogP contribution in [0.2, 0.25) is 0 Å². The lowest BCUT2D eigenvalue weighted by Crippen LogP contribution is -2.57. The molecule has 104 valence electrons. The molecular formula is C11H17N5O3. The van der Waals surface area contributed by atoms with Gasteiger partial charge in [-0.05, 0) is 6.42 Å². The van der Waals surface area contributed by atoms with E-state index in [2.05, 4.69) is 15.4 Å². The maximum atomic E-state index is 11.4. The number of nitrogens with one attached hydrogen (secondary N) is 1. The second kappa shape index (κ2) is 5.79. The normalized spacial score (nSPS) is 20.3. The second-order valence-electron chi connectivity index (χ2n) is 4.46. The van der Waals surface area contributed by atoms with Crippen LogP contribution in [0.5, 0.6) is 0 Å². The number of piperazine rings is 1. The molecule has 1 aliphatic heterocycles. The molecule has 19 heavy (non-hydrogen) atoms. The second-order valence-corrected chi connectivity index (χ2v) is 4.46. The first kappa shape index (κ1) is 13.5. The molecule has 1 amide bonds. The summed E-state index contributed by atoms with van der Waals surface area (Å²) in [7, 11) is 0. The minimum absolute atomic E-state index is 0.0654. The number of aryl methyl sites for hydroxylation is 1. The highest BCUT2D eigenvalue weighted by Crippen LogP contribution is 2.09. The Morgan fingerprint density at radius 3 is 3.11 bits per heavy atom. The van der Waals surface area contributed by atoms with Crippen molar-refractivity contribution >= 4 is 11.9 Å². The molecule has 0 aromatic carbocycles. The quantitative estimate of drug-likeness (QED) is 0.715. The molecule has 1 fully saturated rings. The fourth-order valence-electron chi connectivity index (χ4n) is 2.09. The SMILES string of the molecule is CCCn1ncnc1CN1CC(=O)NCC1C(=O)O. The Bertz CT molecular complexity index is 473.